The van der Waals surface area contributed by atoms with Gasteiger partial charge in [0.05, 0.1) is 5.84 Å². The predicted octanol–water partition coefficient (Wildman–Crippen LogP) is 3.29. The van der Waals surface area contributed by atoms with E-state index in [1.807, 2.05) is 0 Å². The van der Waals surface area contributed by atoms with Gasteiger partial charge in [-0.3, -0.25) is 9.79 Å². The number of amides is 1. The fraction of sp³-hybridized carbons (Fsp3) is 0.353. The highest BCUT2D eigenvalue weighted by molar-refractivity contribution is 5.97. The van der Waals surface area contributed by atoms with Gasteiger partial charge in [0.15, 0.2) is 5.69 Å². The van der Waals surface area contributed by atoms with Gasteiger partial charge >= 0.3 is 6.55 Å². The third-order valence-electron chi connectivity index (χ3n) is 3.99. The van der Waals surface area contributed by atoms with Crippen molar-refractivity contribution in [2.75, 3.05) is 6.67 Å². The van der Waals surface area contributed by atoms with Gasteiger partial charge in [-0.15, -0.1) is 0 Å². The summed E-state index contributed by atoms with van der Waals surface area (Å²) >= 11 is 0. The van der Waals surface area contributed by atoms with E-state index in [-0.39, 0.29) is 23.5 Å². The lowest BCUT2D eigenvalue weighted by atomic mass is 10.0. The predicted molar refractivity (Wildman–Crippen MR) is 93.0 cm³/mol. The Bertz CT molecular complexity index is 881. The molecule has 3 rings (SSSR count). The molecule has 1 amide bonds. The van der Waals surface area contributed by atoms with Crippen LogP contribution in [0.3, 0.4) is 0 Å². The highest BCUT2D eigenvalue weighted by Crippen LogP contribution is 2.30. The number of aromatic nitrogens is 2. The van der Waals surface area contributed by atoms with Crippen molar-refractivity contribution in [1.82, 2.24) is 9.78 Å². The molecule has 1 aliphatic rings. The Kier molecular flexibility index (Phi) is 6.88. The zero-order valence-corrected chi connectivity index (χ0v) is 14.8. The molecule has 0 saturated heterocycles. The largest absolute Gasteiger partial charge is 0.387 e. The van der Waals surface area contributed by atoms with E-state index in [2.05, 4.69) is 10.1 Å². The minimum absolute atomic E-state index is 0.0590. The normalized spacial score (nSPS) is 18.0. The Morgan fingerprint density at radius 2 is 1.90 bits per heavy atom. The number of alkyl halides is 5. The second kappa shape index (κ2) is 8.97. The summed E-state index contributed by atoms with van der Waals surface area (Å²) in [4.78, 5) is 14.4. The summed E-state index contributed by atoms with van der Waals surface area (Å²) in [6.45, 7) is -4.02. The number of benzene rings is 1. The quantitative estimate of drug-likeness (QED) is 0.741. The summed E-state index contributed by atoms with van der Waals surface area (Å²) in [6.07, 6.45) is 0.665. The molecule has 6 nitrogen and oxygen atoms in total. The molecule has 1 aromatic heterocycles. The Balaban J connectivity index is 0.000000234. The SMILES string of the molecule is NC(=O)c1nn(C(F)F)cc1-c1ccc(F)cc1.NC1=NC(CF)C(F)(F)CC1. The fourth-order valence-corrected chi connectivity index (χ4v) is 2.48. The number of hydrogen-bond acceptors (Lipinski definition) is 4. The van der Waals surface area contributed by atoms with E-state index in [0.29, 0.717) is 10.2 Å². The molecule has 1 aromatic carbocycles. The molecule has 158 valence electrons. The molecule has 29 heavy (non-hydrogen) atoms. The van der Waals surface area contributed by atoms with E-state index < -0.39 is 43.3 Å². The second-order valence-corrected chi connectivity index (χ2v) is 6.07. The molecular formula is C17H17F6N5O. The van der Waals surface area contributed by atoms with Crippen LogP contribution in [0.4, 0.5) is 26.3 Å². The molecule has 1 unspecified atom stereocenters. The van der Waals surface area contributed by atoms with E-state index >= 15 is 0 Å². The van der Waals surface area contributed by atoms with Gasteiger partial charge in [-0.2, -0.15) is 13.9 Å². The summed E-state index contributed by atoms with van der Waals surface area (Å²) in [7, 11) is 0. The third kappa shape index (κ3) is 5.48. The van der Waals surface area contributed by atoms with Gasteiger partial charge in [-0.25, -0.2) is 22.2 Å². The van der Waals surface area contributed by atoms with Crippen LogP contribution in [-0.2, 0) is 0 Å². The van der Waals surface area contributed by atoms with Crippen LogP contribution in [0.15, 0.2) is 35.5 Å². The van der Waals surface area contributed by atoms with Gasteiger partial charge in [0, 0.05) is 24.6 Å². The van der Waals surface area contributed by atoms with Gasteiger partial charge in [-0.05, 0) is 17.7 Å². The van der Waals surface area contributed by atoms with Crippen molar-refractivity contribution in [3.05, 3.63) is 42.0 Å². The highest BCUT2D eigenvalue weighted by atomic mass is 19.3. The van der Waals surface area contributed by atoms with Crippen molar-refractivity contribution in [1.29, 1.82) is 0 Å². The number of amidine groups is 1. The van der Waals surface area contributed by atoms with Gasteiger partial charge in [0.2, 0.25) is 0 Å². The number of nitrogens with two attached hydrogens (primary N) is 2. The van der Waals surface area contributed by atoms with Crippen LogP contribution in [-0.4, -0.2) is 40.2 Å². The van der Waals surface area contributed by atoms with E-state index in [0.717, 1.165) is 18.3 Å². The molecule has 0 bridgehead atoms. The van der Waals surface area contributed by atoms with Crippen LogP contribution < -0.4 is 11.5 Å². The minimum atomic E-state index is -3.02. The standard InChI is InChI=1S/C11H8F3N3O.C6H9F3N2/c12-7-3-1-6(2-4-7)8-5-17(11(13)14)16-9(8)10(15)18;7-3-4-6(8,9)2-1-5(10)11-4/h1-5,11H,(H2,15,18);4H,1-3H2,(H2,10,11). The molecule has 0 radical (unpaired) electrons. The van der Waals surface area contributed by atoms with E-state index in [4.69, 9.17) is 11.5 Å². The van der Waals surface area contributed by atoms with Crippen LogP contribution in [0.25, 0.3) is 11.1 Å². The summed E-state index contributed by atoms with van der Waals surface area (Å²) in [5.74, 6) is -4.29. The molecular weight excluding hydrogens is 404 g/mol. The summed E-state index contributed by atoms with van der Waals surface area (Å²) in [5, 5.41) is 3.41. The Morgan fingerprint density at radius 1 is 1.28 bits per heavy atom. The smallest absolute Gasteiger partial charge is 0.333 e. The monoisotopic (exact) mass is 421 g/mol. The van der Waals surface area contributed by atoms with Gasteiger partial charge in [-0.1, -0.05) is 12.1 Å². The summed E-state index contributed by atoms with van der Waals surface area (Å²) < 4.78 is 75.3. The fourth-order valence-electron chi connectivity index (χ4n) is 2.48. The summed E-state index contributed by atoms with van der Waals surface area (Å²) in [6, 6.07) is 3.46. The summed E-state index contributed by atoms with van der Waals surface area (Å²) in [5.41, 5.74) is 10.5. The topological polar surface area (TPSA) is 99.3 Å². The van der Waals surface area contributed by atoms with Crippen molar-refractivity contribution < 1.29 is 31.1 Å². The number of carbonyl (C=O) groups excluding carboxylic acids is 1. The average molecular weight is 421 g/mol. The number of hydrogen-bond donors (Lipinski definition) is 2. The maximum Gasteiger partial charge on any atom is 0.333 e. The zero-order valence-electron chi connectivity index (χ0n) is 14.8. The highest BCUT2D eigenvalue weighted by Gasteiger charge is 2.42. The first-order valence-electron chi connectivity index (χ1n) is 8.24. The van der Waals surface area contributed by atoms with Gasteiger partial charge < -0.3 is 11.5 Å². The Hall–Kier alpha value is -3.05. The van der Waals surface area contributed by atoms with Crippen LogP contribution in [0.5, 0.6) is 0 Å². The lowest BCUT2D eigenvalue weighted by Gasteiger charge is -2.25. The second-order valence-electron chi connectivity index (χ2n) is 6.07. The van der Waals surface area contributed by atoms with E-state index in [1.165, 1.54) is 12.1 Å². The van der Waals surface area contributed by atoms with E-state index in [1.54, 1.807) is 0 Å². The van der Waals surface area contributed by atoms with Crippen molar-refractivity contribution in [2.24, 2.45) is 16.5 Å². The Morgan fingerprint density at radius 3 is 2.38 bits per heavy atom. The first-order chi connectivity index (χ1) is 13.5. The molecule has 0 fully saturated rings. The van der Waals surface area contributed by atoms with Crippen LogP contribution in [0, 0.1) is 5.82 Å². The maximum atomic E-state index is 12.8. The maximum absolute atomic E-state index is 12.8. The van der Waals surface area contributed by atoms with E-state index in [9.17, 15) is 31.1 Å². The van der Waals surface area contributed by atoms with Gasteiger partial charge in [0.25, 0.3) is 11.8 Å². The number of carbonyl (C=O) groups is 1. The molecule has 0 aliphatic carbocycles. The van der Waals surface area contributed by atoms with Crippen molar-refractivity contribution in [2.45, 2.75) is 31.4 Å². The lowest BCUT2D eigenvalue weighted by molar-refractivity contribution is -0.0408. The number of aliphatic imine (C=N–C) groups is 1. The van der Waals surface area contributed by atoms with Crippen LogP contribution in [0.1, 0.15) is 29.9 Å². The number of nitrogens with zero attached hydrogens (tertiary/aromatic N) is 3. The number of rotatable bonds is 4. The molecule has 2 heterocycles. The molecule has 0 spiro atoms. The molecule has 1 atom stereocenters. The van der Waals surface area contributed by atoms with Crippen LogP contribution in [0.2, 0.25) is 0 Å². The van der Waals surface area contributed by atoms with Crippen molar-refractivity contribution in [3.8, 4) is 11.1 Å². The first kappa shape index (κ1) is 22.2. The third-order valence-corrected chi connectivity index (χ3v) is 3.99. The molecule has 4 N–H and O–H groups in total. The van der Waals surface area contributed by atoms with Crippen molar-refractivity contribution >= 4 is 11.7 Å². The van der Waals surface area contributed by atoms with Crippen molar-refractivity contribution in [3.63, 3.8) is 0 Å². The molecule has 2 aromatic rings. The molecule has 1 aliphatic heterocycles. The number of primary amides is 1. The first-order valence-corrected chi connectivity index (χ1v) is 8.24. The lowest BCUT2D eigenvalue weighted by Crippen LogP contribution is -2.40. The number of halogens is 6. The molecule has 0 saturated carbocycles. The van der Waals surface area contributed by atoms with Gasteiger partial charge in [0.1, 0.15) is 18.5 Å². The average Bonchev–Trinajstić information content (AvgIpc) is 3.11. The molecule has 12 heteroatoms. The Labute approximate surface area is 161 Å². The van der Waals surface area contributed by atoms with Crippen LogP contribution >= 0.6 is 0 Å². The zero-order chi connectivity index (χ0) is 21.8. The minimum Gasteiger partial charge on any atom is -0.387 e.